The van der Waals surface area contributed by atoms with Crippen molar-refractivity contribution in [2.24, 2.45) is 0 Å². The Bertz CT molecular complexity index is 1050. The zero-order valence-corrected chi connectivity index (χ0v) is 14.8. The molecule has 2 N–H and O–H groups in total. The van der Waals surface area contributed by atoms with E-state index in [0.29, 0.717) is 12.2 Å². The number of halogens is 1. The third-order valence-electron chi connectivity index (χ3n) is 4.59. The fourth-order valence-corrected chi connectivity index (χ4v) is 3.18. The lowest BCUT2D eigenvalue weighted by Gasteiger charge is -2.17. The van der Waals surface area contributed by atoms with Gasteiger partial charge in [0.25, 0.3) is 5.91 Å². The molecule has 0 unspecified atom stereocenters. The van der Waals surface area contributed by atoms with Crippen molar-refractivity contribution in [2.75, 3.05) is 18.0 Å². The van der Waals surface area contributed by atoms with E-state index in [2.05, 4.69) is 10.4 Å². The summed E-state index contributed by atoms with van der Waals surface area (Å²) < 4.78 is 14.3. The molecule has 0 atom stereocenters. The second-order valence-electron chi connectivity index (χ2n) is 6.39. The molecule has 2 heterocycles. The topological polar surface area (TPSA) is 87.5 Å². The molecule has 0 radical (unpaired) electrons. The molecule has 7 nitrogen and oxygen atoms in total. The van der Waals surface area contributed by atoms with Crippen LogP contribution in [0.25, 0.3) is 5.69 Å². The van der Waals surface area contributed by atoms with Crippen LogP contribution in [0.15, 0.2) is 54.7 Å². The summed E-state index contributed by atoms with van der Waals surface area (Å²) in [6.45, 7) is 0.356. The molecular formula is C20H17FN4O3. The Morgan fingerprint density at radius 2 is 1.89 bits per heavy atom. The van der Waals surface area contributed by atoms with Gasteiger partial charge in [0, 0.05) is 12.2 Å². The molecule has 0 saturated heterocycles. The fourth-order valence-electron chi connectivity index (χ4n) is 3.18. The van der Waals surface area contributed by atoms with Crippen molar-refractivity contribution in [1.82, 2.24) is 15.1 Å². The Kier molecular flexibility index (Phi) is 4.52. The van der Waals surface area contributed by atoms with E-state index < -0.39 is 11.7 Å². The highest BCUT2D eigenvalue weighted by molar-refractivity contribution is 6.01. The van der Waals surface area contributed by atoms with E-state index in [9.17, 15) is 19.1 Å². The maximum absolute atomic E-state index is 13.0. The zero-order valence-electron chi connectivity index (χ0n) is 14.8. The monoisotopic (exact) mass is 380 g/mol. The number of hydrogen-bond acceptors (Lipinski definition) is 4. The van der Waals surface area contributed by atoms with Crippen LogP contribution < -0.4 is 10.2 Å². The quantitative estimate of drug-likeness (QED) is 0.725. The number of aromatic nitrogens is 2. The molecule has 2 amide bonds. The third kappa shape index (κ3) is 3.32. The predicted octanol–water partition coefficient (Wildman–Crippen LogP) is 2.04. The smallest absolute Gasteiger partial charge is 0.276 e. The van der Waals surface area contributed by atoms with Crippen LogP contribution in [-0.4, -0.2) is 39.8 Å². The van der Waals surface area contributed by atoms with Crippen LogP contribution in [0.4, 0.5) is 10.1 Å². The maximum Gasteiger partial charge on any atom is 0.276 e. The molecule has 1 aromatic heterocycles. The molecule has 1 aliphatic heterocycles. The van der Waals surface area contributed by atoms with Gasteiger partial charge in [0.2, 0.25) is 5.91 Å². The molecule has 0 aliphatic carbocycles. The number of aromatic hydroxyl groups is 1. The Morgan fingerprint density at radius 3 is 2.68 bits per heavy atom. The van der Waals surface area contributed by atoms with Crippen LogP contribution in [0.1, 0.15) is 16.1 Å². The summed E-state index contributed by atoms with van der Waals surface area (Å²) >= 11 is 0. The number of amides is 2. The highest BCUT2D eigenvalue weighted by Gasteiger charge is 2.25. The first-order valence-corrected chi connectivity index (χ1v) is 8.74. The molecule has 0 spiro atoms. The third-order valence-corrected chi connectivity index (χ3v) is 4.59. The minimum atomic E-state index is -0.667. The number of carbonyl (C=O) groups is 2. The fraction of sp³-hybridized carbons (Fsp3) is 0.150. The number of anilines is 1. The number of nitrogens with zero attached hydrogens (tertiary/aromatic N) is 3. The molecule has 3 aromatic rings. The van der Waals surface area contributed by atoms with Crippen LogP contribution in [-0.2, 0) is 11.2 Å². The van der Waals surface area contributed by atoms with Crippen molar-refractivity contribution in [3.8, 4) is 11.4 Å². The normalized spacial score (nSPS) is 12.7. The Labute approximate surface area is 160 Å². The highest BCUT2D eigenvalue weighted by atomic mass is 19.1. The first kappa shape index (κ1) is 17.7. The van der Waals surface area contributed by atoms with Crippen LogP contribution in [0.3, 0.4) is 0 Å². The van der Waals surface area contributed by atoms with Gasteiger partial charge in [-0.05, 0) is 42.3 Å². The second kappa shape index (κ2) is 7.15. The molecule has 142 valence electrons. The standard InChI is InChI=1S/C20H17FN4O3/c21-14-5-7-15(8-6-14)25-12-17(26)19(23-25)20(28)22-11-18(27)24-10-9-13-3-1-2-4-16(13)24/h1-8,12,26H,9-11H2,(H,22,28). The second-order valence-corrected chi connectivity index (χ2v) is 6.39. The Hall–Kier alpha value is -3.68. The van der Waals surface area contributed by atoms with Gasteiger partial charge < -0.3 is 15.3 Å². The van der Waals surface area contributed by atoms with Gasteiger partial charge in [0.05, 0.1) is 18.4 Å². The van der Waals surface area contributed by atoms with Crippen LogP contribution in [0.5, 0.6) is 5.75 Å². The van der Waals surface area contributed by atoms with Gasteiger partial charge in [-0.3, -0.25) is 9.59 Å². The van der Waals surface area contributed by atoms with Crippen molar-refractivity contribution in [3.05, 3.63) is 71.8 Å². The number of hydrogen-bond donors (Lipinski definition) is 2. The molecular weight excluding hydrogens is 363 g/mol. The maximum atomic E-state index is 13.0. The Morgan fingerprint density at radius 1 is 1.14 bits per heavy atom. The number of nitrogens with one attached hydrogen (secondary N) is 1. The molecule has 4 rings (SSSR count). The first-order chi connectivity index (χ1) is 13.5. The molecule has 2 aromatic carbocycles. The van der Waals surface area contributed by atoms with Crippen LogP contribution in [0, 0.1) is 5.82 Å². The molecule has 0 saturated carbocycles. The van der Waals surface area contributed by atoms with Crippen molar-refractivity contribution in [1.29, 1.82) is 0 Å². The zero-order chi connectivity index (χ0) is 19.7. The van der Waals surface area contributed by atoms with E-state index >= 15 is 0 Å². The molecule has 28 heavy (non-hydrogen) atoms. The summed E-state index contributed by atoms with van der Waals surface area (Å²) in [5.41, 5.74) is 2.22. The number of carbonyl (C=O) groups excluding carboxylic acids is 2. The molecule has 8 heteroatoms. The van der Waals surface area contributed by atoms with Gasteiger partial charge in [-0.15, -0.1) is 0 Å². The highest BCUT2D eigenvalue weighted by Crippen LogP contribution is 2.27. The molecule has 1 aliphatic rings. The SMILES string of the molecule is O=C(NCC(=O)N1CCc2ccccc21)c1nn(-c2ccc(F)cc2)cc1O. The number of benzene rings is 2. The van der Waals surface area contributed by atoms with E-state index in [1.807, 2.05) is 24.3 Å². The minimum absolute atomic E-state index is 0.209. The summed E-state index contributed by atoms with van der Waals surface area (Å²) in [6.07, 6.45) is 2.03. The van der Waals surface area contributed by atoms with Gasteiger partial charge in [0.1, 0.15) is 5.82 Å². The van der Waals surface area contributed by atoms with E-state index in [4.69, 9.17) is 0 Å². The van der Waals surface area contributed by atoms with Crippen LogP contribution in [0.2, 0.25) is 0 Å². The molecule has 0 fully saturated rings. The van der Waals surface area contributed by atoms with Gasteiger partial charge in [0.15, 0.2) is 11.4 Å². The average molecular weight is 380 g/mol. The number of para-hydroxylation sites is 1. The summed E-state index contributed by atoms with van der Waals surface area (Å²) in [5.74, 6) is -1.64. The van der Waals surface area contributed by atoms with Gasteiger partial charge >= 0.3 is 0 Å². The summed E-state index contributed by atoms with van der Waals surface area (Å²) in [5, 5.41) is 16.5. The van der Waals surface area contributed by atoms with E-state index in [0.717, 1.165) is 17.7 Å². The van der Waals surface area contributed by atoms with Crippen molar-refractivity contribution in [3.63, 3.8) is 0 Å². The van der Waals surface area contributed by atoms with Crippen molar-refractivity contribution in [2.45, 2.75) is 6.42 Å². The van der Waals surface area contributed by atoms with E-state index in [1.165, 1.54) is 35.1 Å². The largest absolute Gasteiger partial charge is 0.504 e. The first-order valence-electron chi connectivity index (χ1n) is 8.74. The lowest BCUT2D eigenvalue weighted by Crippen LogP contribution is -2.39. The summed E-state index contributed by atoms with van der Waals surface area (Å²) in [4.78, 5) is 26.5. The average Bonchev–Trinajstić information content (AvgIpc) is 3.30. The Balaban J connectivity index is 1.43. The molecule has 0 bridgehead atoms. The lowest BCUT2D eigenvalue weighted by atomic mass is 10.2. The predicted molar refractivity (Wildman–Crippen MR) is 100 cm³/mol. The van der Waals surface area contributed by atoms with Gasteiger partial charge in [-0.1, -0.05) is 18.2 Å². The van der Waals surface area contributed by atoms with Crippen molar-refractivity contribution >= 4 is 17.5 Å². The summed E-state index contributed by atoms with van der Waals surface area (Å²) in [7, 11) is 0. The van der Waals surface area contributed by atoms with Gasteiger partial charge in [-0.25, -0.2) is 9.07 Å². The lowest BCUT2D eigenvalue weighted by molar-refractivity contribution is -0.117. The van der Waals surface area contributed by atoms with Crippen molar-refractivity contribution < 1.29 is 19.1 Å². The number of rotatable bonds is 4. The van der Waals surface area contributed by atoms with E-state index in [-0.39, 0.29) is 23.9 Å². The van der Waals surface area contributed by atoms with E-state index in [1.54, 1.807) is 4.90 Å². The minimum Gasteiger partial charge on any atom is -0.504 e. The van der Waals surface area contributed by atoms with Gasteiger partial charge in [-0.2, -0.15) is 5.10 Å². The van der Waals surface area contributed by atoms with Crippen LogP contribution >= 0.6 is 0 Å². The number of fused-ring (bicyclic) bond motifs is 1. The summed E-state index contributed by atoms with van der Waals surface area (Å²) in [6, 6.07) is 13.1.